The first-order chi connectivity index (χ1) is 5.31. The average molecular weight is 157 g/mol. The molecule has 0 aliphatic carbocycles. The van der Waals surface area contributed by atoms with Crippen molar-refractivity contribution in [3.05, 3.63) is 10.2 Å². The fraction of sp³-hybridized carbons (Fsp3) is 0.714. The Morgan fingerprint density at radius 2 is 2.36 bits per heavy atom. The van der Waals surface area contributed by atoms with E-state index < -0.39 is 0 Å². The molecule has 0 spiro atoms. The molecule has 0 N–H and O–H groups in total. The Labute approximate surface area is 65.6 Å². The maximum atomic E-state index is 10.5. The van der Waals surface area contributed by atoms with Crippen molar-refractivity contribution in [2.24, 2.45) is 0 Å². The highest BCUT2D eigenvalue weighted by molar-refractivity contribution is 5.68. The van der Waals surface area contributed by atoms with Crippen LogP contribution in [0.3, 0.4) is 0 Å². The summed E-state index contributed by atoms with van der Waals surface area (Å²) in [6.07, 6.45) is 2.38. The monoisotopic (exact) mass is 157 g/mol. The molecule has 0 aliphatic heterocycles. The molecular weight excluding hydrogens is 146 g/mol. The van der Waals surface area contributed by atoms with E-state index in [1.54, 1.807) is 0 Å². The van der Waals surface area contributed by atoms with E-state index in [9.17, 15) is 10.0 Å². The van der Waals surface area contributed by atoms with Crippen molar-refractivity contribution in [3.8, 4) is 6.07 Å². The van der Waals surface area contributed by atoms with Crippen LogP contribution in [0.5, 0.6) is 0 Å². The maximum absolute atomic E-state index is 10.5. The van der Waals surface area contributed by atoms with Gasteiger partial charge in [-0.1, -0.05) is 0 Å². The van der Waals surface area contributed by atoms with Gasteiger partial charge in [-0.3, -0.25) is 4.79 Å². The van der Waals surface area contributed by atoms with E-state index >= 15 is 0 Å². The molecular formula is C7H11NO3. The molecule has 0 aliphatic rings. The van der Waals surface area contributed by atoms with Crippen LogP contribution in [-0.2, 0) is 9.53 Å². The van der Waals surface area contributed by atoms with Gasteiger partial charge in [0.25, 0.3) is 6.07 Å². The number of unbranched alkanes of at least 4 members (excludes halogenated alkanes) is 2. The van der Waals surface area contributed by atoms with E-state index in [2.05, 4.69) is 15.8 Å². The first kappa shape index (κ1) is 9.76. The lowest BCUT2D eigenvalue weighted by Crippen LogP contribution is -1.98. The molecule has 0 atom stereocenters. The van der Waals surface area contributed by atoms with E-state index in [4.69, 9.17) is 0 Å². The summed E-state index contributed by atoms with van der Waals surface area (Å²) in [5.74, 6) is -0.218. The fourth-order valence-electron chi connectivity index (χ4n) is 0.621. The highest BCUT2D eigenvalue weighted by Crippen LogP contribution is 1.99. The molecule has 0 unspecified atom stereocenters. The Morgan fingerprint density at radius 3 is 2.91 bits per heavy atom. The predicted molar refractivity (Wildman–Crippen MR) is 41.1 cm³/mol. The standard InChI is InChI=1S/C7H11NO3/c1-11-7(9)5-3-2-4-6-8-10/h2-5H2,1H3. The summed E-state index contributed by atoms with van der Waals surface area (Å²) in [4.78, 5) is 10.5. The second-order valence-electron chi connectivity index (χ2n) is 2.03. The first-order valence-corrected chi connectivity index (χ1v) is 3.43. The second-order valence-corrected chi connectivity index (χ2v) is 2.03. The van der Waals surface area contributed by atoms with Crippen LogP contribution < -0.4 is 0 Å². The zero-order valence-corrected chi connectivity index (χ0v) is 6.50. The van der Waals surface area contributed by atoms with Gasteiger partial charge in [-0.15, -0.1) is 0 Å². The van der Waals surface area contributed by atoms with Crippen LogP contribution in [0.4, 0.5) is 0 Å². The largest absolute Gasteiger partial charge is 0.498 e. The lowest BCUT2D eigenvalue weighted by molar-refractivity contribution is -0.140. The zero-order chi connectivity index (χ0) is 8.53. The van der Waals surface area contributed by atoms with Crippen molar-refractivity contribution in [2.45, 2.75) is 25.7 Å². The third-order valence-electron chi connectivity index (χ3n) is 1.21. The molecule has 62 valence electrons. The van der Waals surface area contributed by atoms with Crippen molar-refractivity contribution in [1.29, 1.82) is 0 Å². The van der Waals surface area contributed by atoms with Gasteiger partial charge in [-0.25, -0.2) is 0 Å². The smallest absolute Gasteiger partial charge is 0.305 e. The first-order valence-electron chi connectivity index (χ1n) is 3.43. The van der Waals surface area contributed by atoms with E-state index in [1.807, 2.05) is 0 Å². The molecule has 0 saturated carbocycles. The molecule has 11 heavy (non-hydrogen) atoms. The number of esters is 1. The number of hydrogen-bond donors (Lipinski definition) is 0. The van der Waals surface area contributed by atoms with Gasteiger partial charge >= 0.3 is 5.97 Å². The summed E-state index contributed by atoms with van der Waals surface area (Å²) >= 11 is 0. The Morgan fingerprint density at radius 1 is 1.64 bits per heavy atom. The summed E-state index contributed by atoms with van der Waals surface area (Å²) in [6.45, 7) is 0. The molecule has 4 nitrogen and oxygen atoms in total. The van der Waals surface area contributed by atoms with Gasteiger partial charge in [0.05, 0.1) is 13.5 Å². The van der Waals surface area contributed by atoms with Gasteiger partial charge in [-0.05, 0) is 12.8 Å². The summed E-state index contributed by atoms with van der Waals surface area (Å²) < 4.78 is 4.41. The van der Waals surface area contributed by atoms with E-state index in [0.29, 0.717) is 12.8 Å². The number of nitrogens with zero attached hydrogens (tertiary/aromatic N) is 1. The van der Waals surface area contributed by atoms with E-state index in [-0.39, 0.29) is 5.97 Å². The minimum atomic E-state index is -0.218. The van der Waals surface area contributed by atoms with Crippen LogP contribution >= 0.6 is 0 Å². The van der Waals surface area contributed by atoms with Crippen LogP contribution in [0.2, 0.25) is 0 Å². The minimum Gasteiger partial charge on any atom is -0.498 e. The van der Waals surface area contributed by atoms with Crippen molar-refractivity contribution in [3.63, 3.8) is 0 Å². The van der Waals surface area contributed by atoms with Crippen LogP contribution in [-0.4, -0.2) is 13.1 Å². The quantitative estimate of drug-likeness (QED) is 0.353. The molecule has 0 aromatic carbocycles. The number of carbonyl (C=O) groups is 1. The van der Waals surface area contributed by atoms with Gasteiger partial charge in [0.2, 0.25) is 0 Å². The van der Waals surface area contributed by atoms with Gasteiger partial charge < -0.3 is 9.94 Å². The minimum absolute atomic E-state index is 0.218. The lowest BCUT2D eigenvalue weighted by atomic mass is 10.2. The number of ether oxygens (including phenoxy) is 1. The van der Waals surface area contributed by atoms with Crippen molar-refractivity contribution in [2.75, 3.05) is 7.11 Å². The highest BCUT2D eigenvalue weighted by atomic mass is 16.5. The predicted octanol–water partition coefficient (Wildman–Crippen LogP) is 1.55. The lowest BCUT2D eigenvalue weighted by Gasteiger charge is -1.94. The van der Waals surface area contributed by atoms with Crippen LogP contribution in [0.25, 0.3) is 5.01 Å². The molecule has 0 rings (SSSR count). The maximum Gasteiger partial charge on any atom is 0.305 e. The highest BCUT2D eigenvalue weighted by Gasteiger charge is 1.98. The molecule has 4 heteroatoms. The molecule has 0 heterocycles. The van der Waals surface area contributed by atoms with Crippen molar-refractivity contribution < 1.29 is 9.53 Å². The second kappa shape index (κ2) is 6.87. The molecule has 0 aromatic rings. The summed E-state index contributed by atoms with van der Waals surface area (Å²) in [7, 11) is 1.35. The van der Waals surface area contributed by atoms with Gasteiger partial charge in [0.15, 0.2) is 0 Å². The molecule has 0 bridgehead atoms. The summed E-state index contributed by atoms with van der Waals surface area (Å²) in [5.41, 5.74) is 0. The SMILES string of the molecule is COC(=O)CCCCC#[N+][O-]. The van der Waals surface area contributed by atoms with E-state index in [0.717, 1.165) is 12.8 Å². The Kier molecular flexibility index (Phi) is 6.10. The van der Waals surface area contributed by atoms with Crippen molar-refractivity contribution in [1.82, 2.24) is 0 Å². The average Bonchev–Trinajstić information content (AvgIpc) is 2.04. The van der Waals surface area contributed by atoms with Gasteiger partial charge in [-0.2, -0.15) is 0 Å². The molecule has 0 fully saturated rings. The number of hydrogen-bond acceptors (Lipinski definition) is 3. The van der Waals surface area contributed by atoms with E-state index in [1.165, 1.54) is 7.11 Å². The summed E-state index contributed by atoms with van der Waals surface area (Å²) in [5, 5.41) is 12.0. The van der Waals surface area contributed by atoms with Crippen LogP contribution in [0.15, 0.2) is 0 Å². The van der Waals surface area contributed by atoms with Gasteiger partial charge in [0, 0.05) is 11.4 Å². The third kappa shape index (κ3) is 6.65. The Hall–Kier alpha value is -1.24. The normalized spacial score (nSPS) is 8.09. The van der Waals surface area contributed by atoms with Crippen LogP contribution in [0.1, 0.15) is 25.7 Å². The summed E-state index contributed by atoms with van der Waals surface area (Å²) in [6, 6.07) is 2.26. The molecule has 0 aromatic heterocycles. The number of methoxy groups -OCH3 is 1. The van der Waals surface area contributed by atoms with Gasteiger partial charge in [0.1, 0.15) is 0 Å². The third-order valence-corrected chi connectivity index (χ3v) is 1.21. The van der Waals surface area contributed by atoms with Crippen molar-refractivity contribution >= 4 is 5.97 Å². The molecule has 0 amide bonds. The molecule has 0 radical (unpaired) electrons. The van der Waals surface area contributed by atoms with Crippen LogP contribution in [0, 0.1) is 11.3 Å². The number of carbonyl (C=O) groups excluding carboxylic acids is 1. The zero-order valence-electron chi connectivity index (χ0n) is 6.50. The Balaban J connectivity index is 3.12. The Bertz CT molecular complexity index is 168. The fourth-order valence-corrected chi connectivity index (χ4v) is 0.621. The molecule has 0 saturated heterocycles. The topological polar surface area (TPSA) is 53.7 Å². The number of rotatable bonds is 4.